The van der Waals surface area contributed by atoms with Gasteiger partial charge in [-0.3, -0.25) is 0 Å². The van der Waals surface area contributed by atoms with Crippen LogP contribution in [0.25, 0.3) is 10.8 Å². The summed E-state index contributed by atoms with van der Waals surface area (Å²) in [6.45, 7) is 0. The number of benzene rings is 1. The van der Waals surface area contributed by atoms with Gasteiger partial charge in [0.15, 0.2) is 0 Å². The molecule has 0 N–H and O–H groups in total. The summed E-state index contributed by atoms with van der Waals surface area (Å²) in [5.41, 5.74) is 0. The molecule has 2 rings (SSSR count). The Morgan fingerprint density at radius 2 is 1.85 bits per heavy atom. The van der Waals surface area contributed by atoms with Crippen LogP contribution in [0.2, 0.25) is 15.3 Å². The van der Waals surface area contributed by atoms with Crippen molar-refractivity contribution in [3.05, 3.63) is 39.6 Å². The van der Waals surface area contributed by atoms with Gasteiger partial charge < -0.3 is 0 Å². The summed E-state index contributed by atoms with van der Waals surface area (Å²) in [4.78, 5) is 3.91. The Hall–Kier alpha value is -0.500. The van der Waals surface area contributed by atoms with Gasteiger partial charge in [-0.25, -0.2) is 4.98 Å². The molecule has 66 valence electrons. The van der Waals surface area contributed by atoms with Gasteiger partial charge in [0.2, 0.25) is 0 Å². The van der Waals surface area contributed by atoms with Crippen molar-refractivity contribution in [3.63, 3.8) is 0 Å². The SMILES string of the molecule is Clc1cc2cccc(Cl)c2c(Cl)n1. The number of fused-ring (bicyclic) bond motifs is 1. The Morgan fingerprint density at radius 1 is 1.08 bits per heavy atom. The summed E-state index contributed by atoms with van der Waals surface area (Å²) in [6.07, 6.45) is 0. The van der Waals surface area contributed by atoms with E-state index in [9.17, 15) is 0 Å². The molecule has 0 bridgehead atoms. The fourth-order valence-corrected chi connectivity index (χ4v) is 2.06. The first kappa shape index (κ1) is 9.07. The normalized spacial score (nSPS) is 10.7. The molecule has 2 aromatic rings. The molecular weight excluding hydrogens is 228 g/mol. The van der Waals surface area contributed by atoms with Gasteiger partial charge in [-0.05, 0) is 17.5 Å². The fraction of sp³-hybridized carbons (Fsp3) is 0. The minimum atomic E-state index is 0.341. The van der Waals surface area contributed by atoms with Crippen molar-refractivity contribution < 1.29 is 0 Å². The average molecular weight is 232 g/mol. The van der Waals surface area contributed by atoms with Crippen LogP contribution in [0.5, 0.6) is 0 Å². The quantitative estimate of drug-likeness (QED) is 0.621. The number of hydrogen-bond donors (Lipinski definition) is 0. The Kier molecular flexibility index (Phi) is 2.33. The second-order valence-corrected chi connectivity index (χ2v) is 3.73. The molecule has 0 saturated carbocycles. The molecule has 1 nitrogen and oxygen atoms in total. The second kappa shape index (κ2) is 3.33. The van der Waals surface area contributed by atoms with E-state index in [0.717, 1.165) is 10.8 Å². The van der Waals surface area contributed by atoms with Gasteiger partial charge in [0, 0.05) is 5.39 Å². The van der Waals surface area contributed by atoms with E-state index in [1.54, 1.807) is 12.1 Å². The highest BCUT2D eigenvalue weighted by Crippen LogP contribution is 2.30. The summed E-state index contributed by atoms with van der Waals surface area (Å²) >= 11 is 17.6. The second-order valence-electron chi connectivity index (χ2n) is 2.57. The van der Waals surface area contributed by atoms with Crippen LogP contribution >= 0.6 is 34.8 Å². The van der Waals surface area contributed by atoms with Gasteiger partial charge >= 0.3 is 0 Å². The number of halogens is 3. The van der Waals surface area contributed by atoms with E-state index in [1.807, 2.05) is 12.1 Å². The van der Waals surface area contributed by atoms with Crippen molar-refractivity contribution in [2.75, 3.05) is 0 Å². The van der Waals surface area contributed by atoms with Gasteiger partial charge in [0.25, 0.3) is 0 Å². The van der Waals surface area contributed by atoms with E-state index in [-0.39, 0.29) is 0 Å². The lowest BCUT2D eigenvalue weighted by Gasteiger charge is -2.02. The van der Waals surface area contributed by atoms with Crippen molar-refractivity contribution in [3.8, 4) is 0 Å². The Morgan fingerprint density at radius 3 is 2.62 bits per heavy atom. The molecule has 1 heterocycles. The third-order valence-electron chi connectivity index (χ3n) is 1.73. The van der Waals surface area contributed by atoms with E-state index in [4.69, 9.17) is 34.8 Å². The summed E-state index contributed by atoms with van der Waals surface area (Å²) in [5, 5.41) is 2.95. The third kappa shape index (κ3) is 1.60. The number of pyridine rings is 1. The molecule has 0 aliphatic heterocycles. The maximum Gasteiger partial charge on any atom is 0.140 e. The van der Waals surface area contributed by atoms with Crippen LogP contribution in [-0.4, -0.2) is 4.98 Å². The van der Waals surface area contributed by atoms with Crippen LogP contribution < -0.4 is 0 Å². The fourth-order valence-electron chi connectivity index (χ4n) is 1.19. The first-order valence-electron chi connectivity index (χ1n) is 3.59. The molecule has 0 fully saturated rings. The van der Waals surface area contributed by atoms with Crippen LogP contribution in [0, 0.1) is 0 Å². The molecular formula is C9H4Cl3N. The molecule has 0 spiro atoms. The van der Waals surface area contributed by atoms with Crippen molar-refractivity contribution >= 4 is 45.6 Å². The molecule has 1 aromatic carbocycles. The van der Waals surface area contributed by atoms with E-state index in [2.05, 4.69) is 4.98 Å². The average Bonchev–Trinajstić information content (AvgIpc) is 2.02. The molecule has 0 unspecified atom stereocenters. The number of hydrogen-bond acceptors (Lipinski definition) is 1. The Labute approximate surface area is 90.2 Å². The van der Waals surface area contributed by atoms with Crippen LogP contribution in [0.15, 0.2) is 24.3 Å². The molecule has 4 heteroatoms. The van der Waals surface area contributed by atoms with E-state index >= 15 is 0 Å². The standard InChI is InChI=1S/C9H4Cl3N/c10-6-3-1-2-5-4-7(11)13-9(12)8(5)6/h1-4H. The minimum Gasteiger partial charge on any atom is -0.224 e. The molecule has 0 amide bonds. The molecule has 0 aliphatic rings. The highest BCUT2D eigenvalue weighted by molar-refractivity contribution is 6.42. The molecule has 0 radical (unpaired) electrons. The zero-order valence-corrected chi connectivity index (χ0v) is 8.66. The molecule has 0 saturated heterocycles. The van der Waals surface area contributed by atoms with Crippen molar-refractivity contribution in [1.29, 1.82) is 0 Å². The van der Waals surface area contributed by atoms with Gasteiger partial charge in [-0.2, -0.15) is 0 Å². The number of nitrogens with zero attached hydrogens (tertiary/aromatic N) is 1. The van der Waals surface area contributed by atoms with Gasteiger partial charge in [-0.1, -0.05) is 46.9 Å². The monoisotopic (exact) mass is 231 g/mol. The van der Waals surface area contributed by atoms with Crippen LogP contribution in [0.3, 0.4) is 0 Å². The molecule has 0 atom stereocenters. The maximum absolute atomic E-state index is 5.95. The van der Waals surface area contributed by atoms with Crippen molar-refractivity contribution in [1.82, 2.24) is 4.98 Å². The molecule has 0 aliphatic carbocycles. The first-order chi connectivity index (χ1) is 6.18. The van der Waals surface area contributed by atoms with Crippen molar-refractivity contribution in [2.24, 2.45) is 0 Å². The topological polar surface area (TPSA) is 12.9 Å². The lowest BCUT2D eigenvalue weighted by atomic mass is 10.2. The Bertz CT molecular complexity index is 468. The zero-order valence-electron chi connectivity index (χ0n) is 6.39. The summed E-state index contributed by atoms with van der Waals surface area (Å²) in [5.74, 6) is 0. The highest BCUT2D eigenvalue weighted by atomic mass is 35.5. The number of rotatable bonds is 0. The predicted octanol–water partition coefficient (Wildman–Crippen LogP) is 4.20. The summed E-state index contributed by atoms with van der Waals surface area (Å²) < 4.78 is 0. The van der Waals surface area contributed by atoms with Crippen LogP contribution in [0.4, 0.5) is 0 Å². The van der Waals surface area contributed by atoms with Crippen molar-refractivity contribution in [2.45, 2.75) is 0 Å². The van der Waals surface area contributed by atoms with Gasteiger partial charge in [0.1, 0.15) is 10.3 Å². The smallest absolute Gasteiger partial charge is 0.140 e. The summed E-state index contributed by atoms with van der Waals surface area (Å²) in [6, 6.07) is 7.23. The lowest BCUT2D eigenvalue weighted by molar-refractivity contribution is 1.36. The molecule has 13 heavy (non-hydrogen) atoms. The van der Waals surface area contributed by atoms with Gasteiger partial charge in [-0.15, -0.1) is 0 Å². The van der Waals surface area contributed by atoms with E-state index < -0.39 is 0 Å². The van der Waals surface area contributed by atoms with Gasteiger partial charge in [0.05, 0.1) is 5.02 Å². The zero-order chi connectivity index (χ0) is 9.42. The minimum absolute atomic E-state index is 0.341. The highest BCUT2D eigenvalue weighted by Gasteiger charge is 2.05. The first-order valence-corrected chi connectivity index (χ1v) is 4.72. The maximum atomic E-state index is 5.95. The largest absolute Gasteiger partial charge is 0.224 e. The van der Waals surface area contributed by atoms with Crippen LogP contribution in [-0.2, 0) is 0 Å². The van der Waals surface area contributed by atoms with E-state index in [0.29, 0.717) is 15.3 Å². The third-order valence-corrected chi connectivity index (χ3v) is 2.51. The van der Waals surface area contributed by atoms with E-state index in [1.165, 1.54) is 0 Å². The summed E-state index contributed by atoms with van der Waals surface area (Å²) in [7, 11) is 0. The lowest BCUT2D eigenvalue weighted by Crippen LogP contribution is -1.81. The Balaban J connectivity index is 2.94. The molecule has 1 aromatic heterocycles. The van der Waals surface area contributed by atoms with Crippen LogP contribution in [0.1, 0.15) is 0 Å². The number of aromatic nitrogens is 1. The predicted molar refractivity (Wildman–Crippen MR) is 56.8 cm³/mol.